The number of carbonyl (C=O) groups excluding carboxylic acids is 3. The molecule has 0 saturated carbocycles. The first kappa shape index (κ1) is 23.3. The Hall–Kier alpha value is -2.88. The molecule has 9 heteroatoms. The Morgan fingerprint density at radius 2 is 1.97 bits per heavy atom. The first-order valence-electron chi connectivity index (χ1n) is 10.3. The van der Waals surface area contributed by atoms with Crippen LogP contribution in [0.2, 0.25) is 0 Å². The van der Waals surface area contributed by atoms with Crippen LogP contribution in [0.1, 0.15) is 11.1 Å². The van der Waals surface area contributed by atoms with E-state index in [1.807, 2.05) is 59.3 Å². The summed E-state index contributed by atoms with van der Waals surface area (Å²) in [5, 5.41) is 3.40. The van der Waals surface area contributed by atoms with Gasteiger partial charge in [-0.05, 0) is 41.6 Å². The average molecular weight is 528 g/mol. The number of halogens is 1. The number of hydrogen-bond donors (Lipinski definition) is 1. The third kappa shape index (κ3) is 5.38. The normalized spacial score (nSPS) is 15.1. The molecule has 0 bridgehead atoms. The van der Waals surface area contributed by atoms with E-state index < -0.39 is 0 Å². The minimum Gasteiger partial charge on any atom is -0.383 e. The van der Waals surface area contributed by atoms with Gasteiger partial charge in [0.05, 0.1) is 18.1 Å². The highest BCUT2D eigenvalue weighted by Crippen LogP contribution is 2.35. The summed E-state index contributed by atoms with van der Waals surface area (Å²) < 4.78 is 7.69. The second-order valence-corrected chi connectivity index (χ2v) is 9.38. The maximum Gasteiger partial charge on any atom is 0.293 e. The van der Waals surface area contributed by atoms with Gasteiger partial charge in [0.1, 0.15) is 6.54 Å². The number of fused-ring (bicyclic) bond motifs is 1. The lowest BCUT2D eigenvalue weighted by molar-refractivity contribution is -0.123. The summed E-state index contributed by atoms with van der Waals surface area (Å²) in [6, 6.07) is 15.2. The van der Waals surface area contributed by atoms with Crippen LogP contribution >= 0.6 is 27.7 Å². The molecule has 1 fully saturated rings. The number of hydrogen-bond acceptors (Lipinski definition) is 5. The van der Waals surface area contributed by atoms with E-state index in [0.29, 0.717) is 18.1 Å². The smallest absolute Gasteiger partial charge is 0.293 e. The monoisotopic (exact) mass is 527 g/mol. The topological polar surface area (TPSA) is 80.6 Å². The van der Waals surface area contributed by atoms with Gasteiger partial charge >= 0.3 is 0 Å². The summed E-state index contributed by atoms with van der Waals surface area (Å²) in [6.45, 7) is 1.24. The maximum absolute atomic E-state index is 13.0. The molecule has 0 aliphatic carbocycles. The van der Waals surface area contributed by atoms with E-state index in [9.17, 15) is 14.4 Å². The Labute approximate surface area is 203 Å². The van der Waals surface area contributed by atoms with Crippen molar-refractivity contribution in [3.05, 3.63) is 75.2 Å². The number of thioether (sulfide) groups is 1. The van der Waals surface area contributed by atoms with E-state index in [0.717, 1.165) is 38.3 Å². The second-order valence-electron chi connectivity index (χ2n) is 7.47. The number of benzene rings is 2. The highest BCUT2D eigenvalue weighted by molar-refractivity contribution is 9.10. The molecule has 33 heavy (non-hydrogen) atoms. The van der Waals surface area contributed by atoms with Crippen molar-refractivity contribution in [1.29, 1.82) is 0 Å². The molecule has 2 aromatic carbocycles. The zero-order valence-corrected chi connectivity index (χ0v) is 20.3. The standard InChI is InChI=1S/C24H22BrN3O4S/c1-32-10-9-26-22(29)15-27-14-17(19-12-18(25)7-8-20(19)27)11-21-23(30)28(24(31)33-21)13-16-5-3-2-4-6-16/h2-8,11-12,14H,9-10,13,15H2,1H3,(H,26,29)/b21-11-. The third-order valence-corrected chi connectivity index (χ3v) is 6.56. The van der Waals surface area contributed by atoms with Crippen LogP contribution in [0.25, 0.3) is 17.0 Å². The van der Waals surface area contributed by atoms with Crippen LogP contribution in [0, 0.1) is 0 Å². The van der Waals surface area contributed by atoms with E-state index in [4.69, 9.17) is 4.74 Å². The molecule has 1 aliphatic heterocycles. The van der Waals surface area contributed by atoms with Gasteiger partial charge in [-0.2, -0.15) is 0 Å². The van der Waals surface area contributed by atoms with Crippen LogP contribution in [0.3, 0.4) is 0 Å². The number of aromatic nitrogens is 1. The number of rotatable bonds is 8. The molecule has 1 aliphatic rings. The zero-order chi connectivity index (χ0) is 23.4. The highest BCUT2D eigenvalue weighted by atomic mass is 79.9. The lowest BCUT2D eigenvalue weighted by atomic mass is 10.1. The lowest BCUT2D eigenvalue weighted by Gasteiger charge is -2.12. The Morgan fingerprint density at radius 3 is 2.73 bits per heavy atom. The maximum atomic E-state index is 13.0. The summed E-state index contributed by atoms with van der Waals surface area (Å²) in [6.07, 6.45) is 3.56. The quantitative estimate of drug-likeness (QED) is 0.346. The van der Waals surface area contributed by atoms with E-state index in [1.54, 1.807) is 13.2 Å². The highest BCUT2D eigenvalue weighted by Gasteiger charge is 2.35. The van der Waals surface area contributed by atoms with Crippen LogP contribution in [0.5, 0.6) is 0 Å². The van der Waals surface area contributed by atoms with Gasteiger partial charge in [0.2, 0.25) is 5.91 Å². The first-order chi connectivity index (χ1) is 16.0. The number of amides is 3. The fourth-order valence-corrected chi connectivity index (χ4v) is 4.78. The van der Waals surface area contributed by atoms with Crippen molar-refractivity contribution in [1.82, 2.24) is 14.8 Å². The van der Waals surface area contributed by atoms with Crippen molar-refractivity contribution in [3.8, 4) is 0 Å². The molecule has 1 saturated heterocycles. The Bertz CT molecular complexity index is 1240. The van der Waals surface area contributed by atoms with Crippen LogP contribution in [-0.2, 0) is 27.4 Å². The average Bonchev–Trinajstić information content (AvgIpc) is 3.26. The van der Waals surface area contributed by atoms with Gasteiger partial charge in [0.15, 0.2) is 0 Å². The SMILES string of the molecule is COCCNC(=O)Cn1cc(/C=C2\SC(=O)N(Cc3ccccc3)C2=O)c2cc(Br)ccc21. The van der Waals surface area contributed by atoms with Crippen molar-refractivity contribution in [2.45, 2.75) is 13.1 Å². The van der Waals surface area contributed by atoms with Crippen LogP contribution in [-0.4, -0.2) is 46.8 Å². The largest absolute Gasteiger partial charge is 0.383 e. The van der Waals surface area contributed by atoms with Crippen LogP contribution < -0.4 is 5.32 Å². The fraction of sp³-hybridized carbons (Fsp3) is 0.208. The number of nitrogens with zero attached hydrogens (tertiary/aromatic N) is 2. The molecule has 0 spiro atoms. The number of methoxy groups -OCH3 is 1. The van der Waals surface area contributed by atoms with Crippen molar-refractivity contribution >= 4 is 61.7 Å². The van der Waals surface area contributed by atoms with Crippen molar-refractivity contribution in [2.75, 3.05) is 20.3 Å². The van der Waals surface area contributed by atoms with E-state index in [1.165, 1.54) is 4.90 Å². The Morgan fingerprint density at radius 1 is 1.18 bits per heavy atom. The molecule has 0 atom stereocenters. The third-order valence-electron chi connectivity index (χ3n) is 5.16. The van der Waals surface area contributed by atoms with E-state index in [-0.39, 0.29) is 30.1 Å². The lowest BCUT2D eigenvalue weighted by Crippen LogP contribution is -2.30. The molecule has 170 valence electrons. The van der Waals surface area contributed by atoms with Crippen molar-refractivity contribution < 1.29 is 19.1 Å². The van der Waals surface area contributed by atoms with Gasteiger partial charge < -0.3 is 14.6 Å². The summed E-state index contributed by atoms with van der Waals surface area (Å²) in [5.41, 5.74) is 2.51. The number of ether oxygens (including phenoxy) is 1. The van der Waals surface area contributed by atoms with E-state index >= 15 is 0 Å². The minimum atomic E-state index is -0.318. The summed E-state index contributed by atoms with van der Waals surface area (Å²) in [7, 11) is 1.58. The van der Waals surface area contributed by atoms with Crippen molar-refractivity contribution in [3.63, 3.8) is 0 Å². The minimum absolute atomic E-state index is 0.130. The van der Waals surface area contributed by atoms with Crippen LogP contribution in [0.15, 0.2) is 64.1 Å². The summed E-state index contributed by atoms with van der Waals surface area (Å²) >= 11 is 4.42. The summed E-state index contributed by atoms with van der Waals surface area (Å²) in [4.78, 5) is 39.5. The van der Waals surface area contributed by atoms with Gasteiger partial charge in [0.25, 0.3) is 11.1 Å². The molecule has 4 rings (SSSR count). The Kier molecular flexibility index (Phi) is 7.32. The molecule has 3 aromatic rings. The van der Waals surface area contributed by atoms with E-state index in [2.05, 4.69) is 21.2 Å². The predicted octanol–water partition coefficient (Wildman–Crippen LogP) is 4.40. The van der Waals surface area contributed by atoms with Gasteiger partial charge in [-0.3, -0.25) is 19.3 Å². The van der Waals surface area contributed by atoms with Gasteiger partial charge in [-0.25, -0.2) is 0 Å². The molecule has 0 unspecified atom stereocenters. The predicted molar refractivity (Wildman–Crippen MR) is 132 cm³/mol. The van der Waals surface area contributed by atoms with Gasteiger partial charge in [-0.15, -0.1) is 0 Å². The second kappa shape index (κ2) is 10.4. The fourth-order valence-electron chi connectivity index (χ4n) is 3.59. The van der Waals surface area contributed by atoms with Gasteiger partial charge in [0, 0.05) is 40.8 Å². The molecule has 1 N–H and O–H groups in total. The number of carbonyl (C=O) groups is 3. The molecule has 7 nitrogen and oxygen atoms in total. The molecule has 3 amide bonds. The van der Waals surface area contributed by atoms with Crippen molar-refractivity contribution in [2.24, 2.45) is 0 Å². The van der Waals surface area contributed by atoms with Gasteiger partial charge in [-0.1, -0.05) is 46.3 Å². The molecule has 0 radical (unpaired) electrons. The summed E-state index contributed by atoms with van der Waals surface area (Å²) in [5.74, 6) is -0.455. The zero-order valence-electron chi connectivity index (χ0n) is 17.9. The molecule has 2 heterocycles. The Balaban J connectivity index is 1.61. The van der Waals surface area contributed by atoms with Crippen LogP contribution in [0.4, 0.5) is 4.79 Å². The molecule has 1 aromatic heterocycles. The number of nitrogens with one attached hydrogen (secondary N) is 1. The number of imide groups is 1. The first-order valence-corrected chi connectivity index (χ1v) is 11.9. The molecular weight excluding hydrogens is 506 g/mol. The molecular formula is C24H22BrN3O4S.